The second-order valence-electron chi connectivity index (χ2n) is 10.7. The van der Waals surface area contributed by atoms with E-state index in [1.54, 1.807) is 48.5 Å². The number of amides is 2. The maximum Gasteiger partial charge on any atom is 0.264 e. The minimum absolute atomic E-state index is 0.0896. The maximum atomic E-state index is 14.2. The molecule has 0 aromatic heterocycles. The highest BCUT2D eigenvalue weighted by atomic mass is 35.5. The lowest BCUT2D eigenvalue weighted by Gasteiger charge is -2.33. The van der Waals surface area contributed by atoms with Crippen LogP contribution in [0.25, 0.3) is 0 Å². The van der Waals surface area contributed by atoms with Crippen molar-refractivity contribution in [3.05, 3.63) is 94.5 Å². The molecule has 218 valence electrons. The zero-order valence-corrected chi connectivity index (χ0v) is 25.4. The van der Waals surface area contributed by atoms with Gasteiger partial charge in [-0.25, -0.2) is 8.42 Å². The summed E-state index contributed by atoms with van der Waals surface area (Å²) in [5.41, 5.74) is 3.06. The number of nitrogens with zero attached hydrogens (tertiary/aromatic N) is 2. The minimum Gasteiger partial charge on any atom is -0.352 e. The van der Waals surface area contributed by atoms with Crippen LogP contribution in [0.15, 0.2) is 77.7 Å². The smallest absolute Gasteiger partial charge is 0.264 e. The van der Waals surface area contributed by atoms with E-state index < -0.39 is 28.5 Å². The Hall–Kier alpha value is -3.36. The van der Waals surface area contributed by atoms with Crippen LogP contribution in [0, 0.1) is 13.8 Å². The molecule has 1 aliphatic rings. The van der Waals surface area contributed by atoms with E-state index in [0.717, 1.165) is 46.7 Å². The van der Waals surface area contributed by atoms with E-state index in [2.05, 4.69) is 5.32 Å². The molecule has 9 heteroatoms. The standard InChI is InChI=1S/C32H38ClN3O4S/c1-4-30(32(38)34-27-7-5-6-8-27)35(21-25-13-15-26(33)16-14-25)31(37)22-36(28-17-9-23(2)10-18-28)41(39,40)29-19-11-24(3)12-20-29/h9-20,27,30H,4-8,21-22H2,1-3H3,(H,34,38). The van der Waals surface area contributed by atoms with E-state index in [1.165, 1.54) is 4.90 Å². The van der Waals surface area contributed by atoms with Gasteiger partial charge in [0.15, 0.2) is 0 Å². The molecule has 3 aromatic rings. The lowest BCUT2D eigenvalue weighted by molar-refractivity contribution is -0.140. The third-order valence-corrected chi connectivity index (χ3v) is 9.60. The van der Waals surface area contributed by atoms with Crippen LogP contribution in [0.4, 0.5) is 5.69 Å². The monoisotopic (exact) mass is 595 g/mol. The van der Waals surface area contributed by atoms with Crippen molar-refractivity contribution in [2.45, 2.75) is 76.4 Å². The molecule has 7 nitrogen and oxygen atoms in total. The van der Waals surface area contributed by atoms with Crippen molar-refractivity contribution in [1.29, 1.82) is 0 Å². The van der Waals surface area contributed by atoms with Gasteiger partial charge in [-0.1, -0.05) is 78.9 Å². The van der Waals surface area contributed by atoms with Gasteiger partial charge in [0.1, 0.15) is 12.6 Å². The van der Waals surface area contributed by atoms with Gasteiger partial charge in [0, 0.05) is 17.6 Å². The van der Waals surface area contributed by atoms with E-state index in [0.29, 0.717) is 17.1 Å². The Labute approximate surface area is 248 Å². The first-order valence-corrected chi connectivity index (χ1v) is 15.9. The molecule has 1 fully saturated rings. The Bertz CT molecular complexity index is 1440. The van der Waals surface area contributed by atoms with Crippen molar-refractivity contribution < 1.29 is 18.0 Å². The van der Waals surface area contributed by atoms with Gasteiger partial charge in [0.25, 0.3) is 10.0 Å². The Morgan fingerprint density at radius 2 is 1.46 bits per heavy atom. The summed E-state index contributed by atoms with van der Waals surface area (Å²) in [6, 6.07) is 20.0. The number of rotatable bonds is 11. The Morgan fingerprint density at radius 3 is 2.02 bits per heavy atom. The van der Waals surface area contributed by atoms with Crippen LogP contribution < -0.4 is 9.62 Å². The molecule has 0 heterocycles. The second-order valence-corrected chi connectivity index (χ2v) is 13.0. The molecule has 3 aromatic carbocycles. The first-order chi connectivity index (χ1) is 19.6. The summed E-state index contributed by atoms with van der Waals surface area (Å²) in [6.45, 7) is 5.34. The summed E-state index contributed by atoms with van der Waals surface area (Å²) in [6.07, 6.45) is 4.36. The molecule has 0 spiro atoms. The Morgan fingerprint density at radius 1 is 0.902 bits per heavy atom. The number of hydrogen-bond donors (Lipinski definition) is 1. The lowest BCUT2D eigenvalue weighted by atomic mass is 10.1. The van der Waals surface area contributed by atoms with Gasteiger partial charge in [-0.05, 0) is 75.1 Å². The highest BCUT2D eigenvalue weighted by Crippen LogP contribution is 2.26. The van der Waals surface area contributed by atoms with Crippen LogP contribution in [-0.4, -0.2) is 43.8 Å². The quantitative estimate of drug-likeness (QED) is 0.294. The summed E-state index contributed by atoms with van der Waals surface area (Å²) in [5, 5.41) is 3.69. The predicted octanol–water partition coefficient (Wildman–Crippen LogP) is 6.02. The van der Waals surface area contributed by atoms with E-state index in [9.17, 15) is 18.0 Å². The molecule has 2 amide bonds. The molecule has 41 heavy (non-hydrogen) atoms. The molecule has 1 unspecified atom stereocenters. The second kappa shape index (κ2) is 13.5. The van der Waals surface area contributed by atoms with Crippen molar-refractivity contribution in [1.82, 2.24) is 10.2 Å². The summed E-state index contributed by atoms with van der Waals surface area (Å²) in [5.74, 6) is -0.686. The third-order valence-electron chi connectivity index (χ3n) is 7.56. The number of aryl methyl sites for hydroxylation is 2. The maximum absolute atomic E-state index is 14.2. The van der Waals surface area contributed by atoms with Gasteiger partial charge < -0.3 is 10.2 Å². The predicted molar refractivity (Wildman–Crippen MR) is 163 cm³/mol. The van der Waals surface area contributed by atoms with Crippen LogP contribution >= 0.6 is 11.6 Å². The molecule has 1 aliphatic carbocycles. The Kier molecular flexibility index (Phi) is 10.1. The van der Waals surface area contributed by atoms with Gasteiger partial charge in [0.2, 0.25) is 11.8 Å². The van der Waals surface area contributed by atoms with E-state index in [-0.39, 0.29) is 23.4 Å². The van der Waals surface area contributed by atoms with Crippen LogP contribution in [0.3, 0.4) is 0 Å². The highest BCUT2D eigenvalue weighted by Gasteiger charge is 2.34. The van der Waals surface area contributed by atoms with Crippen molar-refractivity contribution >= 4 is 39.1 Å². The van der Waals surface area contributed by atoms with Crippen molar-refractivity contribution in [2.75, 3.05) is 10.8 Å². The fourth-order valence-corrected chi connectivity index (χ4v) is 6.69. The average Bonchev–Trinajstić information content (AvgIpc) is 3.46. The molecular weight excluding hydrogens is 558 g/mol. The van der Waals surface area contributed by atoms with Crippen LogP contribution in [0.2, 0.25) is 5.02 Å². The van der Waals surface area contributed by atoms with Crippen molar-refractivity contribution in [3.63, 3.8) is 0 Å². The van der Waals surface area contributed by atoms with E-state index in [4.69, 9.17) is 11.6 Å². The number of nitrogens with one attached hydrogen (secondary N) is 1. The lowest BCUT2D eigenvalue weighted by Crippen LogP contribution is -2.53. The SMILES string of the molecule is CCC(C(=O)NC1CCCC1)N(Cc1ccc(Cl)cc1)C(=O)CN(c1ccc(C)cc1)S(=O)(=O)c1ccc(C)cc1. The molecule has 1 saturated carbocycles. The normalized spacial score (nSPS) is 14.4. The molecule has 0 radical (unpaired) electrons. The number of carbonyl (C=O) groups excluding carboxylic acids is 2. The number of hydrogen-bond acceptors (Lipinski definition) is 4. The van der Waals surface area contributed by atoms with Gasteiger partial charge in [-0.3, -0.25) is 13.9 Å². The molecule has 1 N–H and O–H groups in total. The van der Waals surface area contributed by atoms with E-state index in [1.807, 2.05) is 45.0 Å². The summed E-state index contributed by atoms with van der Waals surface area (Å²) >= 11 is 6.09. The number of benzene rings is 3. The van der Waals surface area contributed by atoms with E-state index >= 15 is 0 Å². The minimum atomic E-state index is -4.09. The van der Waals surface area contributed by atoms with Crippen LogP contribution in [0.1, 0.15) is 55.7 Å². The summed E-state index contributed by atoms with van der Waals surface area (Å²) in [4.78, 5) is 29.2. The first-order valence-electron chi connectivity index (χ1n) is 14.1. The number of anilines is 1. The summed E-state index contributed by atoms with van der Waals surface area (Å²) < 4.78 is 29.0. The average molecular weight is 596 g/mol. The topological polar surface area (TPSA) is 86.8 Å². The molecular formula is C32H38ClN3O4S. The van der Waals surface area contributed by atoms with Crippen LogP contribution in [-0.2, 0) is 26.2 Å². The fourth-order valence-electron chi connectivity index (χ4n) is 5.15. The molecule has 1 atom stereocenters. The van der Waals surface area contributed by atoms with Gasteiger partial charge >= 0.3 is 0 Å². The zero-order chi connectivity index (χ0) is 29.6. The van der Waals surface area contributed by atoms with Gasteiger partial charge in [-0.2, -0.15) is 0 Å². The largest absolute Gasteiger partial charge is 0.352 e. The number of halogens is 1. The molecule has 0 saturated heterocycles. The molecule has 0 bridgehead atoms. The highest BCUT2D eigenvalue weighted by molar-refractivity contribution is 7.92. The Balaban J connectivity index is 1.70. The first kappa shape index (κ1) is 30.6. The number of carbonyl (C=O) groups is 2. The summed E-state index contributed by atoms with van der Waals surface area (Å²) in [7, 11) is -4.09. The fraction of sp³-hybridized carbons (Fsp3) is 0.375. The molecule has 4 rings (SSSR count). The van der Waals surface area contributed by atoms with Crippen LogP contribution in [0.5, 0.6) is 0 Å². The molecule has 0 aliphatic heterocycles. The zero-order valence-electron chi connectivity index (χ0n) is 23.8. The third kappa shape index (κ3) is 7.68. The van der Waals surface area contributed by atoms with Gasteiger partial charge in [0.05, 0.1) is 10.6 Å². The van der Waals surface area contributed by atoms with Gasteiger partial charge in [-0.15, -0.1) is 0 Å². The van der Waals surface area contributed by atoms with Crippen molar-refractivity contribution in [2.24, 2.45) is 0 Å². The van der Waals surface area contributed by atoms with Crippen molar-refractivity contribution in [3.8, 4) is 0 Å². The number of sulfonamides is 1.